The molecule has 0 radical (unpaired) electrons. The molecule has 1 heterocycles. The van der Waals surface area contributed by atoms with Gasteiger partial charge in [0.05, 0.1) is 18.1 Å². The Morgan fingerprint density at radius 1 is 1.58 bits per heavy atom. The molecule has 0 aromatic carbocycles. The summed E-state index contributed by atoms with van der Waals surface area (Å²) in [6.07, 6.45) is 2.80. The minimum Gasteiger partial charge on any atom is -0.396 e. The van der Waals surface area contributed by atoms with E-state index in [1.165, 1.54) is 12.4 Å². The Morgan fingerprint density at radius 3 is 2.67 bits per heavy atom. The SMILES string of the molecule is CCNC(=O)c1ncc(N)cn1. The summed E-state index contributed by atoms with van der Waals surface area (Å²) >= 11 is 0. The minimum absolute atomic E-state index is 0.144. The molecule has 3 N–H and O–H groups in total. The van der Waals surface area contributed by atoms with Crippen LogP contribution < -0.4 is 11.1 Å². The average molecular weight is 166 g/mol. The van der Waals surface area contributed by atoms with E-state index in [2.05, 4.69) is 15.3 Å². The summed E-state index contributed by atoms with van der Waals surface area (Å²) in [5.41, 5.74) is 5.79. The van der Waals surface area contributed by atoms with Crippen LogP contribution in [0.2, 0.25) is 0 Å². The number of hydrogen-bond donors (Lipinski definition) is 2. The van der Waals surface area contributed by atoms with Gasteiger partial charge >= 0.3 is 0 Å². The van der Waals surface area contributed by atoms with Gasteiger partial charge in [-0.3, -0.25) is 4.79 Å². The molecule has 1 aromatic rings. The van der Waals surface area contributed by atoms with Gasteiger partial charge in [0.25, 0.3) is 5.91 Å². The van der Waals surface area contributed by atoms with Crippen molar-refractivity contribution in [2.24, 2.45) is 0 Å². The number of nitrogens with zero attached hydrogens (tertiary/aromatic N) is 2. The highest BCUT2D eigenvalue weighted by Gasteiger charge is 2.05. The van der Waals surface area contributed by atoms with E-state index in [4.69, 9.17) is 5.73 Å². The summed E-state index contributed by atoms with van der Waals surface area (Å²) in [4.78, 5) is 18.6. The fourth-order valence-corrected chi connectivity index (χ4v) is 0.695. The van der Waals surface area contributed by atoms with Gasteiger partial charge < -0.3 is 11.1 Å². The van der Waals surface area contributed by atoms with Crippen molar-refractivity contribution in [3.63, 3.8) is 0 Å². The van der Waals surface area contributed by atoms with Crippen LogP contribution in [0.5, 0.6) is 0 Å². The van der Waals surface area contributed by atoms with E-state index >= 15 is 0 Å². The smallest absolute Gasteiger partial charge is 0.289 e. The molecule has 5 heteroatoms. The Kier molecular flexibility index (Phi) is 2.57. The first-order valence-electron chi connectivity index (χ1n) is 3.59. The Balaban J connectivity index is 2.75. The molecule has 0 bridgehead atoms. The van der Waals surface area contributed by atoms with Crippen LogP contribution in [0.3, 0.4) is 0 Å². The lowest BCUT2D eigenvalue weighted by Crippen LogP contribution is -2.24. The van der Waals surface area contributed by atoms with Crippen LogP contribution in [0, 0.1) is 0 Å². The molecule has 64 valence electrons. The van der Waals surface area contributed by atoms with Crippen molar-refractivity contribution in [1.29, 1.82) is 0 Å². The molecule has 1 rings (SSSR count). The van der Waals surface area contributed by atoms with E-state index in [0.717, 1.165) is 0 Å². The van der Waals surface area contributed by atoms with Crippen molar-refractivity contribution < 1.29 is 4.79 Å². The van der Waals surface area contributed by atoms with E-state index in [1.807, 2.05) is 6.92 Å². The third-order valence-corrected chi connectivity index (χ3v) is 1.21. The molecule has 0 saturated carbocycles. The summed E-state index contributed by atoms with van der Waals surface area (Å²) in [6, 6.07) is 0. The fraction of sp³-hybridized carbons (Fsp3) is 0.286. The minimum atomic E-state index is -0.280. The standard InChI is InChI=1S/C7H10N4O/c1-2-9-7(12)6-10-3-5(8)4-11-6/h3-4H,2,8H2,1H3,(H,9,12). The van der Waals surface area contributed by atoms with E-state index in [9.17, 15) is 4.79 Å². The molecule has 0 aliphatic rings. The van der Waals surface area contributed by atoms with Gasteiger partial charge in [-0.2, -0.15) is 0 Å². The van der Waals surface area contributed by atoms with Gasteiger partial charge in [0.2, 0.25) is 5.82 Å². The number of hydrogen-bond acceptors (Lipinski definition) is 4. The number of nitrogens with one attached hydrogen (secondary N) is 1. The van der Waals surface area contributed by atoms with Crippen LogP contribution in [0.15, 0.2) is 12.4 Å². The normalized spacial score (nSPS) is 9.42. The van der Waals surface area contributed by atoms with E-state index in [0.29, 0.717) is 12.2 Å². The monoisotopic (exact) mass is 166 g/mol. The van der Waals surface area contributed by atoms with Gasteiger partial charge in [0.1, 0.15) is 0 Å². The highest BCUT2D eigenvalue weighted by molar-refractivity contribution is 5.90. The van der Waals surface area contributed by atoms with Crippen molar-refractivity contribution in [2.75, 3.05) is 12.3 Å². The lowest BCUT2D eigenvalue weighted by Gasteiger charge is -1.99. The van der Waals surface area contributed by atoms with Crippen molar-refractivity contribution in [3.05, 3.63) is 18.2 Å². The number of nitrogens with two attached hydrogens (primary N) is 1. The third-order valence-electron chi connectivity index (χ3n) is 1.21. The Labute approximate surface area is 70.0 Å². The number of amides is 1. The zero-order valence-corrected chi connectivity index (χ0v) is 6.74. The summed E-state index contributed by atoms with van der Waals surface area (Å²) < 4.78 is 0. The summed E-state index contributed by atoms with van der Waals surface area (Å²) in [5.74, 6) is -0.136. The maximum absolute atomic E-state index is 11.1. The quantitative estimate of drug-likeness (QED) is 0.638. The van der Waals surface area contributed by atoms with Gasteiger partial charge in [0, 0.05) is 6.54 Å². The van der Waals surface area contributed by atoms with Crippen LogP contribution >= 0.6 is 0 Å². The molecule has 0 unspecified atom stereocenters. The van der Waals surface area contributed by atoms with Gasteiger partial charge in [-0.05, 0) is 6.92 Å². The van der Waals surface area contributed by atoms with Crippen molar-refractivity contribution in [3.8, 4) is 0 Å². The van der Waals surface area contributed by atoms with E-state index < -0.39 is 0 Å². The molecule has 1 amide bonds. The van der Waals surface area contributed by atoms with E-state index in [-0.39, 0.29) is 11.7 Å². The maximum atomic E-state index is 11.1. The summed E-state index contributed by atoms with van der Waals surface area (Å²) in [5, 5.41) is 2.58. The molecule has 0 spiro atoms. The zero-order chi connectivity index (χ0) is 8.97. The van der Waals surface area contributed by atoms with Crippen LogP contribution in [0.25, 0.3) is 0 Å². The maximum Gasteiger partial charge on any atom is 0.289 e. The first kappa shape index (κ1) is 8.45. The highest BCUT2D eigenvalue weighted by atomic mass is 16.2. The van der Waals surface area contributed by atoms with Crippen molar-refractivity contribution in [1.82, 2.24) is 15.3 Å². The van der Waals surface area contributed by atoms with Gasteiger partial charge in [0.15, 0.2) is 0 Å². The van der Waals surface area contributed by atoms with Crippen molar-refractivity contribution >= 4 is 11.6 Å². The lowest BCUT2D eigenvalue weighted by molar-refractivity contribution is 0.0945. The van der Waals surface area contributed by atoms with Gasteiger partial charge in [-0.1, -0.05) is 0 Å². The fourth-order valence-electron chi connectivity index (χ4n) is 0.695. The number of nitrogen functional groups attached to an aromatic ring is 1. The molecule has 5 nitrogen and oxygen atoms in total. The number of aromatic nitrogens is 2. The van der Waals surface area contributed by atoms with Crippen LogP contribution in [0.1, 0.15) is 17.5 Å². The Morgan fingerprint density at radius 2 is 2.17 bits per heavy atom. The predicted molar refractivity (Wildman–Crippen MR) is 44.5 cm³/mol. The molecule has 0 atom stereocenters. The number of rotatable bonds is 2. The predicted octanol–water partition coefficient (Wildman–Crippen LogP) is -0.191. The molecule has 0 aliphatic carbocycles. The van der Waals surface area contributed by atoms with E-state index in [1.54, 1.807) is 0 Å². The summed E-state index contributed by atoms with van der Waals surface area (Å²) in [6.45, 7) is 2.39. The number of carbonyl (C=O) groups excluding carboxylic acids is 1. The first-order valence-corrected chi connectivity index (χ1v) is 3.59. The highest BCUT2D eigenvalue weighted by Crippen LogP contribution is 1.95. The molecular weight excluding hydrogens is 156 g/mol. The zero-order valence-electron chi connectivity index (χ0n) is 6.74. The van der Waals surface area contributed by atoms with Crippen molar-refractivity contribution in [2.45, 2.75) is 6.92 Å². The molecular formula is C7H10N4O. The topological polar surface area (TPSA) is 80.9 Å². The number of carbonyl (C=O) groups is 1. The first-order chi connectivity index (χ1) is 5.74. The van der Waals surface area contributed by atoms with Gasteiger partial charge in [-0.15, -0.1) is 0 Å². The molecule has 1 aromatic heterocycles. The number of anilines is 1. The second-order valence-electron chi connectivity index (χ2n) is 2.20. The van der Waals surface area contributed by atoms with Crippen LogP contribution in [-0.4, -0.2) is 22.4 Å². The summed E-state index contributed by atoms with van der Waals surface area (Å²) in [7, 11) is 0. The lowest BCUT2D eigenvalue weighted by atomic mass is 10.5. The molecule has 0 aliphatic heterocycles. The van der Waals surface area contributed by atoms with Gasteiger partial charge in [-0.25, -0.2) is 9.97 Å². The Hall–Kier alpha value is -1.65. The largest absolute Gasteiger partial charge is 0.396 e. The second-order valence-corrected chi connectivity index (χ2v) is 2.20. The molecule has 12 heavy (non-hydrogen) atoms. The Bertz CT molecular complexity index is 269. The third kappa shape index (κ3) is 1.91. The van der Waals surface area contributed by atoms with Crippen LogP contribution in [-0.2, 0) is 0 Å². The average Bonchev–Trinajstić information content (AvgIpc) is 2.06. The van der Waals surface area contributed by atoms with Crippen LogP contribution in [0.4, 0.5) is 5.69 Å². The molecule has 0 saturated heterocycles. The molecule has 0 fully saturated rings. The second kappa shape index (κ2) is 3.66.